The van der Waals surface area contributed by atoms with Gasteiger partial charge in [0.05, 0.1) is 24.3 Å². The molecule has 27 heavy (non-hydrogen) atoms. The van der Waals surface area contributed by atoms with Crippen LogP contribution in [0.3, 0.4) is 0 Å². The molecule has 140 valence electrons. The highest BCUT2D eigenvalue weighted by Gasteiger charge is 2.41. The lowest BCUT2D eigenvalue weighted by Crippen LogP contribution is -2.61. The summed E-state index contributed by atoms with van der Waals surface area (Å²) >= 11 is 7.50. The monoisotopic (exact) mass is 557 g/mol. The van der Waals surface area contributed by atoms with Gasteiger partial charge in [-0.1, -0.05) is 28.7 Å². The molecule has 3 fully saturated rings. The SMILES string of the molecule is O=C(NC1C2CCN(CC2)C1I)c1cccc2oc(-c3ccc(Br)s3)nc12. The Morgan fingerprint density at radius 2 is 2.11 bits per heavy atom. The molecule has 3 aliphatic rings. The van der Waals surface area contributed by atoms with Gasteiger partial charge in [-0.25, -0.2) is 4.98 Å². The van der Waals surface area contributed by atoms with Crippen LogP contribution in [0.15, 0.2) is 38.5 Å². The fraction of sp³-hybridized carbons (Fsp3) is 0.368. The number of alkyl halides is 1. The van der Waals surface area contributed by atoms with Crippen molar-refractivity contribution in [3.05, 3.63) is 39.7 Å². The number of nitrogens with zero attached hydrogens (tertiary/aromatic N) is 2. The number of para-hydroxylation sites is 1. The molecule has 3 aliphatic heterocycles. The molecule has 2 atom stereocenters. The third-order valence-corrected chi connectivity index (χ3v) is 8.65. The fourth-order valence-electron chi connectivity index (χ4n) is 4.06. The first kappa shape index (κ1) is 18.1. The molecule has 1 amide bonds. The molecule has 0 spiro atoms. The van der Waals surface area contributed by atoms with E-state index in [1.54, 1.807) is 11.3 Å². The van der Waals surface area contributed by atoms with Crippen molar-refractivity contribution in [3.63, 3.8) is 0 Å². The van der Waals surface area contributed by atoms with Gasteiger partial charge in [0, 0.05) is 0 Å². The summed E-state index contributed by atoms with van der Waals surface area (Å²) in [5, 5.41) is 3.29. The summed E-state index contributed by atoms with van der Waals surface area (Å²) in [5.74, 6) is 1.06. The topological polar surface area (TPSA) is 58.4 Å². The number of carbonyl (C=O) groups excluding carboxylic acids is 1. The molecule has 5 nitrogen and oxygen atoms in total. The zero-order chi connectivity index (χ0) is 18.5. The predicted molar refractivity (Wildman–Crippen MR) is 118 cm³/mol. The molecule has 0 radical (unpaired) electrons. The number of halogens is 2. The summed E-state index contributed by atoms with van der Waals surface area (Å²) in [7, 11) is 0. The smallest absolute Gasteiger partial charge is 0.253 e. The van der Waals surface area contributed by atoms with E-state index in [4.69, 9.17) is 4.42 Å². The number of oxazole rings is 1. The number of benzene rings is 1. The third kappa shape index (κ3) is 3.24. The largest absolute Gasteiger partial charge is 0.435 e. The lowest BCUT2D eigenvalue weighted by atomic mass is 9.84. The van der Waals surface area contributed by atoms with Gasteiger partial charge in [0.1, 0.15) is 5.52 Å². The van der Waals surface area contributed by atoms with Crippen molar-refractivity contribution in [1.82, 2.24) is 15.2 Å². The first-order valence-electron chi connectivity index (χ1n) is 8.94. The van der Waals surface area contributed by atoms with Crippen LogP contribution < -0.4 is 5.32 Å². The van der Waals surface area contributed by atoms with Crippen molar-refractivity contribution < 1.29 is 9.21 Å². The first-order chi connectivity index (χ1) is 13.1. The second-order valence-electron chi connectivity index (χ2n) is 7.02. The minimum absolute atomic E-state index is 0.0618. The molecule has 2 unspecified atom stereocenters. The molecule has 2 aromatic heterocycles. The molecule has 5 heterocycles. The number of thiophene rings is 1. The van der Waals surface area contributed by atoms with E-state index in [0.29, 0.717) is 32.5 Å². The van der Waals surface area contributed by atoms with Gasteiger partial charge >= 0.3 is 0 Å². The van der Waals surface area contributed by atoms with E-state index in [1.165, 1.54) is 0 Å². The van der Waals surface area contributed by atoms with Crippen LogP contribution in [0, 0.1) is 5.92 Å². The Balaban J connectivity index is 1.45. The molecule has 8 heteroatoms. The molecule has 6 rings (SSSR count). The van der Waals surface area contributed by atoms with Crippen LogP contribution in [-0.4, -0.2) is 39.0 Å². The van der Waals surface area contributed by atoms with Gasteiger partial charge in [-0.2, -0.15) is 0 Å². The summed E-state index contributed by atoms with van der Waals surface area (Å²) in [6.07, 6.45) is 2.33. The summed E-state index contributed by atoms with van der Waals surface area (Å²) in [6.45, 7) is 2.28. The number of amides is 1. The van der Waals surface area contributed by atoms with Gasteiger partial charge in [0.15, 0.2) is 5.58 Å². The summed E-state index contributed by atoms with van der Waals surface area (Å²) in [4.78, 5) is 21.1. The van der Waals surface area contributed by atoms with Gasteiger partial charge in [0.2, 0.25) is 5.89 Å². The maximum atomic E-state index is 13.1. The molecular weight excluding hydrogens is 541 g/mol. The average molecular weight is 558 g/mol. The Hall–Kier alpha value is -0.970. The Morgan fingerprint density at radius 1 is 1.30 bits per heavy atom. The number of rotatable bonds is 3. The lowest BCUT2D eigenvalue weighted by Gasteiger charge is -2.48. The van der Waals surface area contributed by atoms with E-state index in [9.17, 15) is 4.79 Å². The number of fused-ring (bicyclic) bond motifs is 4. The van der Waals surface area contributed by atoms with E-state index in [1.807, 2.05) is 30.3 Å². The standard InChI is InChI=1S/C19H17BrIN3O2S/c20-14-5-4-13(27-14)19-23-16-11(2-1-3-12(16)26-19)18(25)22-15-10-6-8-24(9-7-10)17(15)21/h1-5,10,15,17H,6-9H2,(H,22,25). The van der Waals surface area contributed by atoms with Gasteiger partial charge < -0.3 is 9.73 Å². The number of nitrogens with one attached hydrogen (secondary N) is 1. The maximum Gasteiger partial charge on any atom is 0.253 e. The molecule has 1 aromatic carbocycles. The quantitative estimate of drug-likeness (QED) is 0.282. The Labute approximate surface area is 182 Å². The highest BCUT2D eigenvalue weighted by molar-refractivity contribution is 14.1. The number of hydrogen-bond donors (Lipinski definition) is 1. The minimum atomic E-state index is -0.0618. The fourth-order valence-corrected chi connectivity index (χ4v) is 6.70. The van der Waals surface area contributed by atoms with Crippen molar-refractivity contribution in [2.24, 2.45) is 5.92 Å². The van der Waals surface area contributed by atoms with E-state index in [2.05, 4.69) is 53.7 Å². The summed E-state index contributed by atoms with van der Waals surface area (Å²) in [5.41, 5.74) is 1.85. The van der Waals surface area contributed by atoms with Crippen LogP contribution in [0.4, 0.5) is 0 Å². The van der Waals surface area contributed by atoms with E-state index in [0.717, 1.165) is 34.6 Å². The van der Waals surface area contributed by atoms with Gasteiger partial charge in [-0.15, -0.1) is 11.3 Å². The van der Waals surface area contributed by atoms with Crippen molar-refractivity contribution in [1.29, 1.82) is 0 Å². The van der Waals surface area contributed by atoms with E-state index < -0.39 is 0 Å². The summed E-state index contributed by atoms with van der Waals surface area (Å²) in [6, 6.07) is 9.67. The Kier molecular flexibility index (Phi) is 4.77. The first-order valence-corrected chi connectivity index (χ1v) is 11.8. The summed E-state index contributed by atoms with van der Waals surface area (Å²) < 4.78 is 7.29. The lowest BCUT2D eigenvalue weighted by molar-refractivity contribution is 0.0554. The van der Waals surface area contributed by atoms with Crippen LogP contribution >= 0.6 is 49.9 Å². The van der Waals surface area contributed by atoms with Crippen molar-refractivity contribution in [2.75, 3.05) is 13.1 Å². The van der Waals surface area contributed by atoms with Crippen molar-refractivity contribution in [3.8, 4) is 10.8 Å². The average Bonchev–Trinajstić information content (AvgIpc) is 3.30. The van der Waals surface area contributed by atoms with Gasteiger partial charge in [0.25, 0.3) is 5.91 Å². The normalized spacial score (nSPS) is 27.2. The minimum Gasteiger partial charge on any atom is -0.435 e. The number of piperidine rings is 3. The number of aromatic nitrogens is 1. The molecule has 0 aliphatic carbocycles. The van der Waals surface area contributed by atoms with Crippen LogP contribution in [0.25, 0.3) is 21.9 Å². The van der Waals surface area contributed by atoms with Crippen molar-refractivity contribution >= 4 is 66.9 Å². The number of hydrogen-bond acceptors (Lipinski definition) is 5. The van der Waals surface area contributed by atoms with E-state index >= 15 is 0 Å². The molecule has 3 aromatic rings. The van der Waals surface area contributed by atoms with E-state index in [-0.39, 0.29) is 11.9 Å². The second-order valence-corrected chi connectivity index (χ2v) is 10.8. The molecular formula is C19H17BrIN3O2S. The van der Waals surface area contributed by atoms with Crippen LogP contribution in [0.5, 0.6) is 0 Å². The van der Waals surface area contributed by atoms with Gasteiger partial charge in [-0.3, -0.25) is 9.69 Å². The third-order valence-electron chi connectivity index (χ3n) is 5.47. The molecule has 0 saturated carbocycles. The zero-order valence-corrected chi connectivity index (χ0v) is 18.9. The Morgan fingerprint density at radius 3 is 2.81 bits per heavy atom. The molecule has 3 saturated heterocycles. The molecule has 2 bridgehead atoms. The van der Waals surface area contributed by atoms with Gasteiger partial charge in [-0.05, 0) is 72.0 Å². The number of carbonyl (C=O) groups is 1. The van der Waals surface area contributed by atoms with Crippen LogP contribution in [0.1, 0.15) is 23.2 Å². The predicted octanol–water partition coefficient (Wildman–Crippen LogP) is 4.90. The highest BCUT2D eigenvalue weighted by atomic mass is 127. The maximum absolute atomic E-state index is 13.1. The van der Waals surface area contributed by atoms with Crippen molar-refractivity contribution in [2.45, 2.75) is 22.9 Å². The highest BCUT2D eigenvalue weighted by Crippen LogP contribution is 2.36. The van der Waals surface area contributed by atoms with Crippen LogP contribution in [-0.2, 0) is 0 Å². The Bertz CT molecular complexity index is 1010. The molecule has 1 N–H and O–H groups in total. The zero-order valence-electron chi connectivity index (χ0n) is 14.3. The van der Waals surface area contributed by atoms with Crippen LogP contribution in [0.2, 0.25) is 0 Å². The second kappa shape index (κ2) is 7.13.